The molecule has 4 heteroatoms. The molecule has 0 radical (unpaired) electrons. The summed E-state index contributed by atoms with van der Waals surface area (Å²) >= 11 is 1.94. The van der Waals surface area contributed by atoms with Crippen LogP contribution >= 0.6 is 11.8 Å². The van der Waals surface area contributed by atoms with Gasteiger partial charge in [0.1, 0.15) is 0 Å². The number of nitrogens with two attached hydrogens (primary N) is 1. The summed E-state index contributed by atoms with van der Waals surface area (Å²) in [6, 6.07) is 0.278. The number of ether oxygens (including phenoxy) is 1. The highest BCUT2D eigenvalue weighted by molar-refractivity contribution is 7.99. The molecule has 0 saturated carbocycles. The summed E-state index contributed by atoms with van der Waals surface area (Å²) < 4.78 is 5.45. The molecule has 0 rings (SSSR count). The Kier molecular flexibility index (Phi) is 9.93. The predicted octanol–water partition coefficient (Wildman–Crippen LogP) is 1.78. The molecule has 2 atom stereocenters. The van der Waals surface area contributed by atoms with E-state index in [1.54, 1.807) is 0 Å². The van der Waals surface area contributed by atoms with Gasteiger partial charge in [-0.05, 0) is 12.8 Å². The Labute approximate surface area is 92.1 Å². The molecule has 0 saturated heterocycles. The molecule has 0 fully saturated rings. The third-order valence-electron chi connectivity index (χ3n) is 2.06. The fraction of sp³-hybridized carbons (Fsp3) is 1.00. The highest BCUT2D eigenvalue weighted by atomic mass is 32.2. The lowest BCUT2D eigenvalue weighted by atomic mass is 10.4. The number of nitrogens with one attached hydrogen (secondary N) is 1. The second-order valence-electron chi connectivity index (χ2n) is 3.49. The maximum atomic E-state index is 5.45. The molecule has 0 heterocycles. The molecule has 0 spiro atoms. The largest absolute Gasteiger partial charge is 0.380 e. The maximum absolute atomic E-state index is 5.45. The minimum Gasteiger partial charge on any atom is -0.380 e. The molecule has 0 aliphatic rings. The van der Waals surface area contributed by atoms with E-state index in [1.165, 1.54) is 6.42 Å². The lowest BCUT2D eigenvalue weighted by Crippen LogP contribution is -2.41. The molecule has 0 aliphatic heterocycles. The Morgan fingerprint density at radius 3 is 2.64 bits per heavy atom. The molecule has 14 heavy (non-hydrogen) atoms. The van der Waals surface area contributed by atoms with Crippen molar-refractivity contribution in [2.45, 2.75) is 44.9 Å². The second kappa shape index (κ2) is 9.77. The van der Waals surface area contributed by atoms with Crippen LogP contribution in [-0.2, 0) is 4.74 Å². The predicted molar refractivity (Wildman–Crippen MR) is 64.4 cm³/mol. The third kappa shape index (κ3) is 7.62. The van der Waals surface area contributed by atoms with Crippen molar-refractivity contribution in [3.8, 4) is 0 Å². The van der Waals surface area contributed by atoms with E-state index in [9.17, 15) is 0 Å². The van der Waals surface area contributed by atoms with E-state index in [0.717, 1.165) is 18.8 Å². The molecule has 0 aromatic carbocycles. The van der Waals surface area contributed by atoms with Crippen LogP contribution in [0, 0.1) is 0 Å². The zero-order valence-electron chi connectivity index (χ0n) is 9.58. The van der Waals surface area contributed by atoms with Crippen LogP contribution in [0.2, 0.25) is 0 Å². The molecule has 2 unspecified atom stereocenters. The first kappa shape index (κ1) is 14.2. The zero-order chi connectivity index (χ0) is 10.8. The van der Waals surface area contributed by atoms with Gasteiger partial charge in [0.05, 0.1) is 12.6 Å². The van der Waals surface area contributed by atoms with Gasteiger partial charge in [-0.1, -0.05) is 20.8 Å². The summed E-state index contributed by atoms with van der Waals surface area (Å²) in [4.78, 5) is 0. The van der Waals surface area contributed by atoms with Gasteiger partial charge in [-0.15, -0.1) is 0 Å². The van der Waals surface area contributed by atoms with Crippen molar-refractivity contribution in [3.63, 3.8) is 0 Å². The van der Waals surface area contributed by atoms with Crippen LogP contribution in [0.5, 0.6) is 0 Å². The van der Waals surface area contributed by atoms with E-state index >= 15 is 0 Å². The van der Waals surface area contributed by atoms with E-state index in [1.807, 2.05) is 11.8 Å². The fourth-order valence-corrected chi connectivity index (χ4v) is 1.90. The number of hydrazine groups is 1. The Bertz CT molecular complexity index is 125. The lowest BCUT2D eigenvalue weighted by Gasteiger charge is -2.17. The SMILES string of the molecule is CCCOCC(CSC(C)CC)NN. The third-order valence-corrected chi connectivity index (χ3v) is 3.56. The first-order chi connectivity index (χ1) is 6.74. The molecular formula is C10H24N2OS. The van der Waals surface area contributed by atoms with E-state index in [-0.39, 0.29) is 6.04 Å². The van der Waals surface area contributed by atoms with Crippen molar-refractivity contribution in [1.29, 1.82) is 0 Å². The van der Waals surface area contributed by atoms with Crippen molar-refractivity contribution >= 4 is 11.8 Å². The van der Waals surface area contributed by atoms with Crippen molar-refractivity contribution < 1.29 is 4.74 Å². The van der Waals surface area contributed by atoms with Gasteiger partial charge in [0.2, 0.25) is 0 Å². The fourth-order valence-electron chi connectivity index (χ4n) is 0.913. The monoisotopic (exact) mass is 220 g/mol. The minimum atomic E-state index is 0.278. The van der Waals surface area contributed by atoms with Crippen LogP contribution in [0.1, 0.15) is 33.6 Å². The first-order valence-electron chi connectivity index (χ1n) is 5.40. The van der Waals surface area contributed by atoms with Gasteiger partial charge < -0.3 is 4.74 Å². The molecule has 3 N–H and O–H groups in total. The van der Waals surface area contributed by atoms with Gasteiger partial charge in [-0.3, -0.25) is 11.3 Å². The first-order valence-corrected chi connectivity index (χ1v) is 6.44. The van der Waals surface area contributed by atoms with Crippen molar-refractivity contribution in [2.24, 2.45) is 5.84 Å². The Morgan fingerprint density at radius 2 is 2.14 bits per heavy atom. The molecule has 0 aromatic rings. The summed E-state index contributed by atoms with van der Waals surface area (Å²) in [7, 11) is 0. The van der Waals surface area contributed by atoms with E-state index < -0.39 is 0 Å². The average molecular weight is 220 g/mol. The van der Waals surface area contributed by atoms with Crippen LogP contribution in [0.25, 0.3) is 0 Å². The average Bonchev–Trinajstić information content (AvgIpc) is 2.22. The van der Waals surface area contributed by atoms with E-state index in [2.05, 4.69) is 26.2 Å². The Morgan fingerprint density at radius 1 is 1.43 bits per heavy atom. The summed E-state index contributed by atoms with van der Waals surface area (Å²) in [6.07, 6.45) is 2.27. The molecule has 0 aromatic heterocycles. The number of hydrogen-bond acceptors (Lipinski definition) is 4. The highest BCUT2D eigenvalue weighted by Gasteiger charge is 2.08. The van der Waals surface area contributed by atoms with Crippen molar-refractivity contribution in [1.82, 2.24) is 5.43 Å². The lowest BCUT2D eigenvalue weighted by molar-refractivity contribution is 0.117. The Balaban J connectivity index is 3.47. The molecular weight excluding hydrogens is 196 g/mol. The molecule has 0 amide bonds. The van der Waals surface area contributed by atoms with Gasteiger partial charge in [-0.25, -0.2) is 0 Å². The van der Waals surface area contributed by atoms with Crippen LogP contribution in [0.3, 0.4) is 0 Å². The normalized spacial score (nSPS) is 15.4. The second-order valence-corrected chi connectivity index (χ2v) is 4.96. The zero-order valence-corrected chi connectivity index (χ0v) is 10.4. The maximum Gasteiger partial charge on any atom is 0.0641 e. The van der Waals surface area contributed by atoms with Crippen molar-refractivity contribution in [3.05, 3.63) is 0 Å². The van der Waals surface area contributed by atoms with Crippen LogP contribution in [0.15, 0.2) is 0 Å². The molecule has 86 valence electrons. The van der Waals surface area contributed by atoms with E-state index in [4.69, 9.17) is 10.6 Å². The smallest absolute Gasteiger partial charge is 0.0641 e. The number of thioether (sulfide) groups is 1. The van der Waals surface area contributed by atoms with Crippen LogP contribution < -0.4 is 11.3 Å². The van der Waals surface area contributed by atoms with Gasteiger partial charge in [0, 0.05) is 17.6 Å². The van der Waals surface area contributed by atoms with Gasteiger partial charge >= 0.3 is 0 Å². The summed E-state index contributed by atoms with van der Waals surface area (Å²) in [5, 5.41) is 0.706. The van der Waals surface area contributed by atoms with E-state index in [0.29, 0.717) is 11.9 Å². The molecule has 0 aliphatic carbocycles. The van der Waals surface area contributed by atoms with Gasteiger partial charge in [-0.2, -0.15) is 11.8 Å². The highest BCUT2D eigenvalue weighted by Crippen LogP contribution is 2.14. The van der Waals surface area contributed by atoms with Gasteiger partial charge in [0.25, 0.3) is 0 Å². The molecule has 3 nitrogen and oxygen atoms in total. The summed E-state index contributed by atoms with van der Waals surface area (Å²) in [5.74, 6) is 6.46. The summed E-state index contributed by atoms with van der Waals surface area (Å²) in [5.41, 5.74) is 2.79. The van der Waals surface area contributed by atoms with Crippen LogP contribution in [0.4, 0.5) is 0 Å². The van der Waals surface area contributed by atoms with Crippen LogP contribution in [-0.4, -0.2) is 30.3 Å². The molecule has 0 bridgehead atoms. The van der Waals surface area contributed by atoms with Gasteiger partial charge in [0.15, 0.2) is 0 Å². The minimum absolute atomic E-state index is 0.278. The van der Waals surface area contributed by atoms with Crippen molar-refractivity contribution in [2.75, 3.05) is 19.0 Å². The topological polar surface area (TPSA) is 47.3 Å². The standard InChI is InChI=1S/C10H24N2OS/c1-4-6-13-7-10(12-11)8-14-9(3)5-2/h9-10,12H,4-8,11H2,1-3H3. The number of hydrogen-bond donors (Lipinski definition) is 2. The quantitative estimate of drug-likeness (QED) is 0.353. The Hall–Kier alpha value is 0.230. The number of rotatable bonds is 9. The summed E-state index contributed by atoms with van der Waals surface area (Å²) in [6.45, 7) is 8.10.